The lowest BCUT2D eigenvalue weighted by atomic mass is 9.91. The van der Waals surface area contributed by atoms with Crippen LogP contribution in [0.5, 0.6) is 0 Å². The van der Waals surface area contributed by atoms with Crippen molar-refractivity contribution in [2.45, 2.75) is 19.4 Å². The molecule has 2 N–H and O–H groups in total. The molecule has 0 amide bonds. The number of benzene rings is 2. The number of aliphatic hydroxyl groups is 1. The Balaban J connectivity index is 1.93. The first-order valence-electron chi connectivity index (χ1n) is 8.62. The summed E-state index contributed by atoms with van der Waals surface area (Å²) in [5.74, 6) is -3.35. The minimum Gasteiger partial charge on any atom is -0.507 e. The number of aromatic nitrogens is 1. The second-order valence-electron chi connectivity index (χ2n) is 6.66. The Labute approximate surface area is 164 Å². The Morgan fingerprint density at radius 1 is 1.11 bits per heavy atom. The van der Waals surface area contributed by atoms with E-state index in [0.29, 0.717) is 28.9 Å². The van der Waals surface area contributed by atoms with Crippen molar-refractivity contribution in [3.05, 3.63) is 75.7 Å². The van der Waals surface area contributed by atoms with Crippen LogP contribution in [0.1, 0.15) is 23.2 Å². The van der Waals surface area contributed by atoms with Gasteiger partial charge in [-0.1, -0.05) is 23.7 Å². The first-order valence-corrected chi connectivity index (χ1v) is 8.99. The van der Waals surface area contributed by atoms with Crippen molar-refractivity contribution in [1.82, 2.24) is 4.57 Å². The van der Waals surface area contributed by atoms with E-state index in [0.717, 1.165) is 16.8 Å². The van der Waals surface area contributed by atoms with Crippen LogP contribution in [-0.4, -0.2) is 26.5 Å². The van der Waals surface area contributed by atoms with Crippen LogP contribution in [0.2, 0.25) is 5.02 Å². The molecule has 0 bridgehead atoms. The number of ketones is 1. The van der Waals surface area contributed by atoms with E-state index in [1.54, 1.807) is 24.3 Å². The van der Waals surface area contributed by atoms with Gasteiger partial charge in [0.1, 0.15) is 11.6 Å². The lowest BCUT2D eigenvalue weighted by Crippen LogP contribution is -2.20. The third kappa shape index (κ3) is 2.96. The topological polar surface area (TPSA) is 79.5 Å². The van der Waals surface area contributed by atoms with Crippen LogP contribution in [0.15, 0.2) is 48.0 Å². The fourth-order valence-corrected chi connectivity index (χ4v) is 3.89. The second kappa shape index (κ2) is 6.80. The molecule has 5 nitrogen and oxygen atoms in total. The highest BCUT2D eigenvalue weighted by atomic mass is 35.5. The van der Waals surface area contributed by atoms with E-state index < -0.39 is 11.8 Å². The van der Waals surface area contributed by atoms with Gasteiger partial charge in [0.2, 0.25) is 0 Å². The van der Waals surface area contributed by atoms with Gasteiger partial charge in [-0.25, -0.2) is 9.18 Å². The number of aliphatic hydroxyl groups excluding tert-OH is 1. The second-order valence-corrected chi connectivity index (χ2v) is 7.09. The maximum absolute atomic E-state index is 13.2. The van der Waals surface area contributed by atoms with E-state index in [-0.39, 0.29) is 23.6 Å². The van der Waals surface area contributed by atoms with Gasteiger partial charge < -0.3 is 14.8 Å². The van der Waals surface area contributed by atoms with Crippen LogP contribution < -0.4 is 0 Å². The van der Waals surface area contributed by atoms with Crippen LogP contribution >= 0.6 is 11.6 Å². The molecule has 142 valence electrons. The molecule has 0 radical (unpaired) electrons. The molecule has 1 aromatic heterocycles. The number of halogens is 2. The lowest BCUT2D eigenvalue weighted by molar-refractivity contribution is -0.147. The van der Waals surface area contributed by atoms with Gasteiger partial charge in [-0.15, -0.1) is 0 Å². The zero-order valence-electron chi connectivity index (χ0n) is 14.6. The van der Waals surface area contributed by atoms with Crippen molar-refractivity contribution in [3.63, 3.8) is 0 Å². The van der Waals surface area contributed by atoms with E-state index in [1.165, 1.54) is 12.1 Å². The zero-order chi connectivity index (χ0) is 20.0. The number of carbonyl (C=O) groups is 2. The highest BCUT2D eigenvalue weighted by Gasteiger charge is 2.31. The Morgan fingerprint density at radius 3 is 2.50 bits per heavy atom. The molecule has 1 aliphatic carbocycles. The maximum atomic E-state index is 13.2. The predicted octanol–water partition coefficient (Wildman–Crippen LogP) is 4.35. The number of Topliss-reactive ketones (excluding diaryl/α,β-unsaturated/α-hetero) is 1. The van der Waals surface area contributed by atoms with Gasteiger partial charge >= 0.3 is 5.97 Å². The number of carboxylic acids is 1. The number of carbonyl (C=O) groups excluding carboxylic acids is 1. The molecule has 1 aliphatic rings. The number of carboxylic acid groups (broad SMARTS) is 1. The first-order chi connectivity index (χ1) is 13.4. The minimum atomic E-state index is -1.60. The van der Waals surface area contributed by atoms with Crippen molar-refractivity contribution >= 4 is 40.0 Å². The first kappa shape index (κ1) is 18.3. The average Bonchev–Trinajstić information content (AvgIpc) is 2.97. The number of aliphatic carboxylic acids is 1. The number of rotatable bonds is 4. The van der Waals surface area contributed by atoms with E-state index in [1.807, 2.05) is 10.6 Å². The van der Waals surface area contributed by atoms with Crippen LogP contribution in [0, 0.1) is 5.82 Å². The fraction of sp³-hybridized carbons (Fsp3) is 0.143. The quantitative estimate of drug-likeness (QED) is 0.639. The smallest absolute Gasteiger partial charge is 0.377 e. The molecule has 0 unspecified atom stereocenters. The summed E-state index contributed by atoms with van der Waals surface area (Å²) in [5.41, 5.74) is 2.75. The summed E-state index contributed by atoms with van der Waals surface area (Å²) in [7, 11) is 0. The third-order valence-corrected chi connectivity index (χ3v) is 5.22. The van der Waals surface area contributed by atoms with Gasteiger partial charge in [0, 0.05) is 39.3 Å². The number of hydrogen-bond acceptors (Lipinski definition) is 3. The summed E-state index contributed by atoms with van der Waals surface area (Å²) in [5, 5.41) is 20.9. The van der Waals surface area contributed by atoms with Gasteiger partial charge in [-0.05, 0) is 48.7 Å². The SMILES string of the molecule is O=C(O)C(=O)C1=C(O)c2c(n(Cc3ccc(F)cc3)c3ccc(Cl)cc23)CC1. The number of fused-ring (bicyclic) bond motifs is 3. The molecule has 1 heterocycles. The Hall–Kier alpha value is -3.12. The molecule has 0 spiro atoms. The van der Waals surface area contributed by atoms with Crippen molar-refractivity contribution in [1.29, 1.82) is 0 Å². The highest BCUT2D eigenvalue weighted by molar-refractivity contribution is 6.41. The summed E-state index contributed by atoms with van der Waals surface area (Å²) < 4.78 is 15.2. The number of hydrogen-bond donors (Lipinski definition) is 2. The van der Waals surface area contributed by atoms with E-state index in [4.69, 9.17) is 16.7 Å². The van der Waals surface area contributed by atoms with Crippen LogP contribution in [0.4, 0.5) is 4.39 Å². The van der Waals surface area contributed by atoms with Crippen molar-refractivity contribution in [3.8, 4) is 0 Å². The largest absolute Gasteiger partial charge is 0.507 e. The van der Waals surface area contributed by atoms with E-state index in [2.05, 4.69) is 0 Å². The van der Waals surface area contributed by atoms with E-state index >= 15 is 0 Å². The molecule has 3 aromatic rings. The van der Waals surface area contributed by atoms with E-state index in [9.17, 15) is 19.1 Å². The van der Waals surface area contributed by atoms with Crippen molar-refractivity contribution in [2.75, 3.05) is 0 Å². The highest BCUT2D eigenvalue weighted by Crippen LogP contribution is 2.39. The molecule has 0 atom stereocenters. The van der Waals surface area contributed by atoms with Gasteiger partial charge in [-0.2, -0.15) is 0 Å². The molecule has 0 saturated carbocycles. The zero-order valence-corrected chi connectivity index (χ0v) is 15.3. The standard InChI is InChI=1S/C21H15ClFNO4/c22-12-3-7-16-15(9-12)18-17(8-6-14(19(18)25)20(26)21(27)28)24(16)10-11-1-4-13(23)5-2-11/h1-5,7,9,25H,6,8,10H2,(H,27,28). The van der Waals surface area contributed by atoms with Crippen LogP contribution in [0.3, 0.4) is 0 Å². The summed E-state index contributed by atoms with van der Waals surface area (Å²) >= 11 is 6.14. The predicted molar refractivity (Wildman–Crippen MR) is 103 cm³/mol. The molecule has 4 rings (SSSR count). The Bertz CT molecular complexity index is 1160. The maximum Gasteiger partial charge on any atom is 0.377 e. The summed E-state index contributed by atoms with van der Waals surface area (Å²) in [4.78, 5) is 23.1. The Kier molecular flexibility index (Phi) is 4.43. The molecule has 7 heteroatoms. The minimum absolute atomic E-state index is 0.110. The molecule has 0 saturated heterocycles. The fourth-order valence-electron chi connectivity index (χ4n) is 3.72. The van der Waals surface area contributed by atoms with Crippen LogP contribution in [-0.2, 0) is 22.6 Å². The Morgan fingerprint density at radius 2 is 1.82 bits per heavy atom. The van der Waals surface area contributed by atoms with Gasteiger partial charge in [0.15, 0.2) is 0 Å². The number of nitrogens with zero attached hydrogens (tertiary/aromatic N) is 1. The summed E-state index contributed by atoms with van der Waals surface area (Å²) in [6.45, 7) is 0.434. The van der Waals surface area contributed by atoms with Gasteiger partial charge in [0.25, 0.3) is 5.78 Å². The summed E-state index contributed by atoms with van der Waals surface area (Å²) in [6, 6.07) is 11.3. The summed E-state index contributed by atoms with van der Waals surface area (Å²) in [6.07, 6.45) is 0.513. The lowest BCUT2D eigenvalue weighted by Gasteiger charge is -2.18. The van der Waals surface area contributed by atoms with Gasteiger partial charge in [0.05, 0.1) is 0 Å². The normalized spacial score (nSPS) is 13.6. The molecule has 2 aromatic carbocycles. The third-order valence-electron chi connectivity index (χ3n) is 4.99. The molecular formula is C21H15ClFNO4. The molecule has 0 fully saturated rings. The van der Waals surface area contributed by atoms with Crippen molar-refractivity contribution < 1.29 is 24.2 Å². The molecule has 28 heavy (non-hydrogen) atoms. The van der Waals surface area contributed by atoms with Gasteiger partial charge in [-0.3, -0.25) is 4.79 Å². The molecular weight excluding hydrogens is 385 g/mol. The monoisotopic (exact) mass is 399 g/mol. The molecule has 0 aliphatic heterocycles. The average molecular weight is 400 g/mol. The van der Waals surface area contributed by atoms with Crippen LogP contribution in [0.25, 0.3) is 16.7 Å². The van der Waals surface area contributed by atoms with Crippen molar-refractivity contribution in [2.24, 2.45) is 0 Å².